The van der Waals surface area contributed by atoms with Crippen molar-refractivity contribution < 1.29 is 0 Å². The molecule has 3 aliphatic carbocycles. The van der Waals surface area contributed by atoms with Gasteiger partial charge in [-0.3, -0.25) is 0 Å². The van der Waals surface area contributed by atoms with Gasteiger partial charge in [-0.1, -0.05) is 19.8 Å². The summed E-state index contributed by atoms with van der Waals surface area (Å²) in [7, 11) is 0. The van der Waals surface area contributed by atoms with E-state index >= 15 is 0 Å². The van der Waals surface area contributed by atoms with Crippen LogP contribution < -0.4 is 5.32 Å². The summed E-state index contributed by atoms with van der Waals surface area (Å²) >= 11 is 0. The highest BCUT2D eigenvalue weighted by atomic mass is 15.0. The number of nitrogens with one attached hydrogen (secondary N) is 1. The predicted molar refractivity (Wildman–Crippen MR) is 63.8 cm³/mol. The van der Waals surface area contributed by atoms with Gasteiger partial charge in [-0.05, 0) is 55.8 Å². The van der Waals surface area contributed by atoms with Crippen LogP contribution in [0.4, 0.5) is 0 Å². The molecule has 0 aromatic rings. The fourth-order valence-corrected chi connectivity index (χ4v) is 3.71. The molecule has 0 bridgehead atoms. The Labute approximate surface area is 94.0 Å². The summed E-state index contributed by atoms with van der Waals surface area (Å²) in [5, 5.41) is 3.91. The second-order valence-electron chi connectivity index (χ2n) is 6.22. The van der Waals surface area contributed by atoms with Crippen LogP contribution in [0.5, 0.6) is 0 Å². The first-order chi connectivity index (χ1) is 7.34. The first-order valence-electron chi connectivity index (χ1n) is 7.07. The molecule has 3 saturated carbocycles. The van der Waals surface area contributed by atoms with E-state index < -0.39 is 0 Å². The van der Waals surface area contributed by atoms with Crippen molar-refractivity contribution in [1.29, 1.82) is 0 Å². The molecule has 2 unspecified atom stereocenters. The molecule has 1 N–H and O–H groups in total. The zero-order valence-electron chi connectivity index (χ0n) is 10.1. The van der Waals surface area contributed by atoms with Crippen molar-refractivity contribution >= 4 is 0 Å². The van der Waals surface area contributed by atoms with E-state index in [9.17, 15) is 0 Å². The lowest BCUT2D eigenvalue weighted by Crippen LogP contribution is -2.37. The maximum absolute atomic E-state index is 3.91. The van der Waals surface area contributed by atoms with Crippen LogP contribution in [0.25, 0.3) is 0 Å². The second kappa shape index (κ2) is 3.76. The molecule has 0 heterocycles. The van der Waals surface area contributed by atoms with Crippen molar-refractivity contribution in [3.8, 4) is 0 Å². The minimum Gasteiger partial charge on any atom is -0.313 e. The first kappa shape index (κ1) is 10.1. The Morgan fingerprint density at radius 1 is 1.13 bits per heavy atom. The van der Waals surface area contributed by atoms with Crippen LogP contribution in [0.2, 0.25) is 0 Å². The molecular weight excluding hydrogens is 182 g/mol. The average molecular weight is 207 g/mol. The minimum atomic E-state index is 0.793. The van der Waals surface area contributed by atoms with Crippen LogP contribution in [0, 0.1) is 17.3 Å². The lowest BCUT2D eigenvalue weighted by molar-refractivity contribution is 0.328. The van der Waals surface area contributed by atoms with E-state index in [1.165, 1.54) is 57.9 Å². The highest BCUT2D eigenvalue weighted by molar-refractivity contribution is 5.05. The molecule has 0 aromatic carbocycles. The molecule has 0 saturated heterocycles. The molecular formula is C14H25N. The lowest BCUT2D eigenvalue weighted by Gasteiger charge is -2.23. The topological polar surface area (TPSA) is 12.0 Å². The highest BCUT2D eigenvalue weighted by Gasteiger charge is 2.53. The van der Waals surface area contributed by atoms with Gasteiger partial charge in [0.1, 0.15) is 0 Å². The molecule has 0 radical (unpaired) electrons. The highest BCUT2D eigenvalue weighted by Crippen LogP contribution is 2.60. The monoisotopic (exact) mass is 207 g/mol. The molecule has 0 amide bonds. The SMILES string of the molecule is CCC1CCCC1NCC1(C2CC2)CC1. The number of hydrogen-bond donors (Lipinski definition) is 1. The van der Waals surface area contributed by atoms with Crippen LogP contribution in [-0.4, -0.2) is 12.6 Å². The summed E-state index contributed by atoms with van der Waals surface area (Å²) in [6.45, 7) is 3.71. The Hall–Kier alpha value is -0.0400. The third-order valence-electron chi connectivity index (χ3n) is 5.24. The van der Waals surface area contributed by atoms with Crippen LogP contribution in [0.1, 0.15) is 58.3 Å². The summed E-state index contributed by atoms with van der Waals surface area (Å²) in [6, 6.07) is 0.867. The standard InChI is InChI=1S/C14H25N/c1-2-11-4-3-5-13(11)15-10-14(8-9-14)12-6-7-12/h11-13,15H,2-10H2,1H3. The van der Waals surface area contributed by atoms with Crippen molar-refractivity contribution in [2.75, 3.05) is 6.54 Å². The van der Waals surface area contributed by atoms with Crippen molar-refractivity contribution in [3.05, 3.63) is 0 Å². The van der Waals surface area contributed by atoms with Crippen molar-refractivity contribution in [2.45, 2.75) is 64.3 Å². The van der Waals surface area contributed by atoms with E-state index in [-0.39, 0.29) is 0 Å². The Balaban J connectivity index is 1.49. The lowest BCUT2D eigenvalue weighted by atomic mass is 9.97. The van der Waals surface area contributed by atoms with Crippen molar-refractivity contribution in [2.24, 2.45) is 17.3 Å². The fourth-order valence-electron chi connectivity index (χ4n) is 3.71. The third-order valence-corrected chi connectivity index (χ3v) is 5.24. The summed E-state index contributed by atoms with van der Waals surface area (Å²) in [5.41, 5.74) is 0.793. The molecule has 0 aliphatic heterocycles. The average Bonchev–Trinajstić information content (AvgIpc) is 3.13. The Morgan fingerprint density at radius 3 is 2.53 bits per heavy atom. The number of rotatable bonds is 5. The summed E-state index contributed by atoms with van der Waals surface area (Å²) in [6.07, 6.45) is 11.9. The molecule has 0 aromatic heterocycles. The Morgan fingerprint density at radius 2 is 1.93 bits per heavy atom. The van der Waals surface area contributed by atoms with E-state index in [4.69, 9.17) is 0 Å². The molecule has 86 valence electrons. The molecule has 1 heteroatoms. The second-order valence-corrected chi connectivity index (χ2v) is 6.22. The zero-order chi connectivity index (χ0) is 10.3. The largest absolute Gasteiger partial charge is 0.313 e. The zero-order valence-corrected chi connectivity index (χ0v) is 10.1. The van der Waals surface area contributed by atoms with Crippen LogP contribution >= 0.6 is 0 Å². The summed E-state index contributed by atoms with van der Waals surface area (Å²) in [5.74, 6) is 2.10. The van der Waals surface area contributed by atoms with Gasteiger partial charge >= 0.3 is 0 Å². The van der Waals surface area contributed by atoms with Crippen LogP contribution in [0.15, 0.2) is 0 Å². The summed E-state index contributed by atoms with van der Waals surface area (Å²) < 4.78 is 0. The van der Waals surface area contributed by atoms with E-state index in [0.717, 1.165) is 23.3 Å². The fraction of sp³-hybridized carbons (Fsp3) is 1.00. The molecule has 3 aliphatic rings. The maximum atomic E-state index is 3.91. The Kier molecular flexibility index (Phi) is 2.54. The van der Waals surface area contributed by atoms with Gasteiger partial charge in [0.25, 0.3) is 0 Å². The molecule has 1 nitrogen and oxygen atoms in total. The molecule has 15 heavy (non-hydrogen) atoms. The predicted octanol–water partition coefficient (Wildman–Crippen LogP) is 3.34. The van der Waals surface area contributed by atoms with Gasteiger partial charge in [-0.25, -0.2) is 0 Å². The Bertz CT molecular complexity index is 227. The van der Waals surface area contributed by atoms with Gasteiger partial charge < -0.3 is 5.32 Å². The minimum absolute atomic E-state index is 0.793. The molecule has 2 atom stereocenters. The van der Waals surface area contributed by atoms with Crippen LogP contribution in [0.3, 0.4) is 0 Å². The van der Waals surface area contributed by atoms with Gasteiger partial charge in [-0.15, -0.1) is 0 Å². The van der Waals surface area contributed by atoms with E-state index in [1.54, 1.807) is 0 Å². The molecule has 0 spiro atoms. The van der Waals surface area contributed by atoms with Gasteiger partial charge in [0.05, 0.1) is 0 Å². The van der Waals surface area contributed by atoms with E-state index in [2.05, 4.69) is 12.2 Å². The van der Waals surface area contributed by atoms with Gasteiger partial charge in [-0.2, -0.15) is 0 Å². The van der Waals surface area contributed by atoms with Crippen molar-refractivity contribution in [1.82, 2.24) is 5.32 Å². The smallest absolute Gasteiger partial charge is 0.00954 e. The van der Waals surface area contributed by atoms with E-state index in [1.807, 2.05) is 0 Å². The van der Waals surface area contributed by atoms with Gasteiger partial charge in [0.2, 0.25) is 0 Å². The first-order valence-corrected chi connectivity index (χ1v) is 7.07. The summed E-state index contributed by atoms with van der Waals surface area (Å²) in [4.78, 5) is 0. The molecule has 3 rings (SSSR count). The van der Waals surface area contributed by atoms with Crippen molar-refractivity contribution in [3.63, 3.8) is 0 Å². The quantitative estimate of drug-likeness (QED) is 0.729. The maximum Gasteiger partial charge on any atom is 0.00954 e. The van der Waals surface area contributed by atoms with Gasteiger partial charge in [0, 0.05) is 12.6 Å². The third kappa shape index (κ3) is 1.95. The van der Waals surface area contributed by atoms with E-state index in [0.29, 0.717) is 0 Å². The number of hydrogen-bond acceptors (Lipinski definition) is 1. The van der Waals surface area contributed by atoms with Gasteiger partial charge in [0.15, 0.2) is 0 Å². The van der Waals surface area contributed by atoms with Crippen LogP contribution in [-0.2, 0) is 0 Å². The molecule has 3 fully saturated rings. The normalized spacial score (nSPS) is 38.2.